The second kappa shape index (κ2) is 8.65. The van der Waals surface area contributed by atoms with Gasteiger partial charge in [0.1, 0.15) is 23.4 Å². The van der Waals surface area contributed by atoms with E-state index in [-0.39, 0.29) is 0 Å². The first kappa shape index (κ1) is 18.8. The predicted molar refractivity (Wildman–Crippen MR) is 112 cm³/mol. The molecule has 1 N–H and O–H groups in total. The van der Waals surface area contributed by atoms with Crippen LogP contribution in [0.3, 0.4) is 0 Å². The van der Waals surface area contributed by atoms with E-state index in [4.69, 9.17) is 10.2 Å². The van der Waals surface area contributed by atoms with Crippen molar-refractivity contribution in [1.82, 2.24) is 19.9 Å². The van der Waals surface area contributed by atoms with E-state index in [2.05, 4.69) is 38.2 Å². The Labute approximate surface area is 170 Å². The molecule has 0 atom stereocenters. The van der Waals surface area contributed by atoms with Crippen molar-refractivity contribution in [3.63, 3.8) is 0 Å². The number of hydrogen-bond acceptors (Lipinski definition) is 7. The normalized spacial score (nSPS) is 14.4. The molecular formula is C22H23N7. The zero-order valence-electron chi connectivity index (χ0n) is 16.4. The van der Waals surface area contributed by atoms with Crippen molar-refractivity contribution in [2.45, 2.75) is 32.2 Å². The van der Waals surface area contributed by atoms with E-state index >= 15 is 0 Å². The molecule has 4 heterocycles. The monoisotopic (exact) mass is 385 g/mol. The predicted octanol–water partition coefficient (Wildman–Crippen LogP) is 3.45. The fourth-order valence-corrected chi connectivity index (χ4v) is 3.46. The van der Waals surface area contributed by atoms with Crippen LogP contribution < -0.4 is 10.2 Å². The second-order valence-electron chi connectivity index (χ2n) is 7.06. The van der Waals surface area contributed by atoms with Gasteiger partial charge in [-0.05, 0) is 43.5 Å². The zero-order chi connectivity index (χ0) is 20.1. The maximum Gasteiger partial charge on any atom is 0.180 e. The zero-order valence-corrected chi connectivity index (χ0v) is 16.4. The summed E-state index contributed by atoms with van der Waals surface area (Å²) in [6.07, 6.45) is 6.22. The molecule has 0 amide bonds. The number of rotatable bonds is 5. The summed E-state index contributed by atoms with van der Waals surface area (Å²) >= 11 is 0. The number of piperidine rings is 1. The summed E-state index contributed by atoms with van der Waals surface area (Å²) in [4.78, 5) is 20.4. The molecule has 7 heteroatoms. The van der Waals surface area contributed by atoms with Gasteiger partial charge in [0.2, 0.25) is 0 Å². The highest BCUT2D eigenvalue weighted by molar-refractivity contribution is 5.53. The van der Waals surface area contributed by atoms with Gasteiger partial charge in [-0.25, -0.2) is 15.0 Å². The van der Waals surface area contributed by atoms with Crippen molar-refractivity contribution in [1.29, 1.82) is 5.26 Å². The fourth-order valence-electron chi connectivity index (χ4n) is 3.46. The molecule has 1 aliphatic heterocycles. The molecule has 1 fully saturated rings. The van der Waals surface area contributed by atoms with E-state index in [0.29, 0.717) is 17.4 Å². The Morgan fingerprint density at radius 3 is 2.66 bits per heavy atom. The third-order valence-electron chi connectivity index (χ3n) is 5.08. The highest BCUT2D eigenvalue weighted by atomic mass is 15.2. The molecular weight excluding hydrogens is 362 g/mol. The molecule has 1 aliphatic rings. The van der Waals surface area contributed by atoms with Gasteiger partial charge in [0.25, 0.3) is 0 Å². The van der Waals surface area contributed by atoms with E-state index in [1.54, 1.807) is 12.4 Å². The number of nitrogens with zero attached hydrogens (tertiary/aromatic N) is 6. The third kappa shape index (κ3) is 4.49. The van der Waals surface area contributed by atoms with E-state index < -0.39 is 0 Å². The van der Waals surface area contributed by atoms with Crippen molar-refractivity contribution in [2.24, 2.45) is 0 Å². The molecule has 4 rings (SSSR count). The third-order valence-corrected chi connectivity index (χ3v) is 5.08. The maximum absolute atomic E-state index is 8.92. The first-order valence-electron chi connectivity index (χ1n) is 9.92. The Bertz CT molecular complexity index is 988. The molecule has 0 saturated carbocycles. The van der Waals surface area contributed by atoms with Gasteiger partial charge < -0.3 is 10.2 Å². The maximum atomic E-state index is 8.92. The summed E-state index contributed by atoms with van der Waals surface area (Å²) < 4.78 is 0. The van der Waals surface area contributed by atoms with Crippen LogP contribution in [0.5, 0.6) is 0 Å². The van der Waals surface area contributed by atoms with Crippen molar-refractivity contribution >= 4 is 11.6 Å². The second-order valence-corrected chi connectivity index (χ2v) is 7.06. The molecule has 0 radical (unpaired) electrons. The van der Waals surface area contributed by atoms with Crippen LogP contribution in [0.1, 0.15) is 31.0 Å². The lowest BCUT2D eigenvalue weighted by molar-refractivity contribution is 0.522. The van der Waals surface area contributed by atoms with Gasteiger partial charge in [-0.3, -0.25) is 4.98 Å². The molecule has 0 spiro atoms. The largest absolute Gasteiger partial charge is 0.367 e. The van der Waals surface area contributed by atoms with Crippen LogP contribution in [0, 0.1) is 11.3 Å². The first-order chi connectivity index (χ1) is 14.2. The van der Waals surface area contributed by atoms with E-state index in [0.717, 1.165) is 55.4 Å². The lowest BCUT2D eigenvalue weighted by atomic mass is 10.0. The molecule has 3 aromatic heterocycles. The average Bonchev–Trinajstić information content (AvgIpc) is 2.80. The van der Waals surface area contributed by atoms with Gasteiger partial charge in [-0.1, -0.05) is 13.0 Å². The molecule has 7 nitrogen and oxygen atoms in total. The molecule has 0 unspecified atom stereocenters. The van der Waals surface area contributed by atoms with Crippen LogP contribution in [0.4, 0.5) is 11.6 Å². The Morgan fingerprint density at radius 2 is 2.00 bits per heavy atom. The van der Waals surface area contributed by atoms with E-state index in [1.165, 1.54) is 0 Å². The number of hydrogen-bond donors (Lipinski definition) is 1. The van der Waals surface area contributed by atoms with Crippen molar-refractivity contribution in [2.75, 3.05) is 23.3 Å². The van der Waals surface area contributed by atoms with Crippen molar-refractivity contribution < 1.29 is 0 Å². The average molecular weight is 385 g/mol. The van der Waals surface area contributed by atoms with Crippen LogP contribution in [-0.4, -0.2) is 39.1 Å². The van der Waals surface area contributed by atoms with Gasteiger partial charge in [0.15, 0.2) is 5.82 Å². The van der Waals surface area contributed by atoms with Crippen LogP contribution in [0.15, 0.2) is 48.8 Å². The minimum atomic E-state index is 0.348. The quantitative estimate of drug-likeness (QED) is 0.719. The molecule has 0 bridgehead atoms. The summed E-state index contributed by atoms with van der Waals surface area (Å²) in [6.45, 7) is 3.92. The van der Waals surface area contributed by atoms with Gasteiger partial charge in [-0.15, -0.1) is 0 Å². The smallest absolute Gasteiger partial charge is 0.180 e. The number of nitrogens with one attached hydrogen (secondary N) is 1. The van der Waals surface area contributed by atoms with Crippen LogP contribution >= 0.6 is 0 Å². The number of anilines is 2. The minimum absolute atomic E-state index is 0.348. The molecule has 0 aromatic carbocycles. The van der Waals surface area contributed by atoms with Crippen molar-refractivity contribution in [3.8, 4) is 17.6 Å². The van der Waals surface area contributed by atoms with E-state index in [1.807, 2.05) is 36.4 Å². The summed E-state index contributed by atoms with van der Waals surface area (Å²) in [6, 6.07) is 14.0. The Morgan fingerprint density at radius 1 is 1.14 bits per heavy atom. The minimum Gasteiger partial charge on any atom is -0.367 e. The number of pyridine rings is 2. The summed E-state index contributed by atoms with van der Waals surface area (Å²) in [7, 11) is 0. The van der Waals surface area contributed by atoms with E-state index in [9.17, 15) is 0 Å². The number of aryl methyl sites for hydroxylation is 1. The standard InChI is InChI=1S/C22H23N7/c1-2-17-13-20(28-22(27-17)19-5-3-4-10-24-19)26-18-8-11-29(12-9-18)21-7-6-16(14-23)15-25-21/h3-7,10,13,15,18H,2,8-9,11-12H2,1H3,(H,26,27,28). The van der Waals surface area contributed by atoms with Gasteiger partial charge in [-0.2, -0.15) is 5.26 Å². The highest BCUT2D eigenvalue weighted by Crippen LogP contribution is 2.22. The molecule has 1 saturated heterocycles. The SMILES string of the molecule is CCc1cc(NC2CCN(c3ccc(C#N)cn3)CC2)nc(-c2ccccn2)n1. The molecule has 3 aromatic rings. The summed E-state index contributed by atoms with van der Waals surface area (Å²) in [5.41, 5.74) is 2.37. The number of aromatic nitrogens is 4. The Hall–Kier alpha value is -3.53. The summed E-state index contributed by atoms with van der Waals surface area (Å²) in [5.74, 6) is 2.44. The lowest BCUT2D eigenvalue weighted by Gasteiger charge is -2.33. The lowest BCUT2D eigenvalue weighted by Crippen LogP contribution is -2.39. The van der Waals surface area contributed by atoms with Gasteiger partial charge in [0.05, 0.1) is 5.56 Å². The molecule has 0 aliphatic carbocycles. The van der Waals surface area contributed by atoms with Crippen LogP contribution in [0.25, 0.3) is 11.5 Å². The van der Waals surface area contributed by atoms with Gasteiger partial charge in [0, 0.05) is 43.3 Å². The molecule has 146 valence electrons. The molecule has 29 heavy (non-hydrogen) atoms. The Balaban J connectivity index is 1.43. The fraction of sp³-hybridized carbons (Fsp3) is 0.318. The van der Waals surface area contributed by atoms with Crippen LogP contribution in [0.2, 0.25) is 0 Å². The van der Waals surface area contributed by atoms with Crippen molar-refractivity contribution in [3.05, 3.63) is 60.0 Å². The van der Waals surface area contributed by atoms with Crippen LogP contribution in [-0.2, 0) is 6.42 Å². The van der Waals surface area contributed by atoms with Gasteiger partial charge >= 0.3 is 0 Å². The number of nitriles is 1. The first-order valence-corrected chi connectivity index (χ1v) is 9.92. The summed E-state index contributed by atoms with van der Waals surface area (Å²) in [5, 5.41) is 12.5. The Kier molecular flexibility index (Phi) is 5.61. The highest BCUT2D eigenvalue weighted by Gasteiger charge is 2.21. The topological polar surface area (TPSA) is 90.6 Å².